The van der Waals surface area contributed by atoms with E-state index >= 15 is 0 Å². The van der Waals surface area contributed by atoms with Crippen molar-refractivity contribution in [3.8, 4) is 0 Å². The average Bonchev–Trinajstić information content (AvgIpc) is 2.22. The number of hydrogen-bond acceptors (Lipinski definition) is 4. The molecule has 0 fully saturated rings. The molecule has 1 atom stereocenters. The fourth-order valence-corrected chi connectivity index (χ4v) is 0.953. The second kappa shape index (κ2) is 9.09. The molecule has 0 amide bonds. The first-order valence-corrected chi connectivity index (χ1v) is 5.67. The highest BCUT2D eigenvalue weighted by Crippen LogP contribution is 2.03. The molecule has 0 radical (unpaired) electrons. The molecule has 0 spiro atoms. The largest absolute Gasteiger partial charge is 0.394 e. The summed E-state index contributed by atoms with van der Waals surface area (Å²) in [4.78, 5) is 0. The molecule has 4 nitrogen and oxygen atoms in total. The summed E-state index contributed by atoms with van der Waals surface area (Å²) in [6.45, 7) is 6.57. The maximum atomic E-state index is 8.89. The van der Waals surface area contributed by atoms with Gasteiger partial charge in [0.25, 0.3) is 0 Å². The highest BCUT2D eigenvalue weighted by molar-refractivity contribution is 4.76. The molecule has 0 saturated carbocycles. The summed E-state index contributed by atoms with van der Waals surface area (Å²) in [5.41, 5.74) is 5.21. The Labute approximate surface area is 92.7 Å². The zero-order valence-corrected chi connectivity index (χ0v) is 10.00. The van der Waals surface area contributed by atoms with E-state index in [1.54, 1.807) is 0 Å². The van der Waals surface area contributed by atoms with Crippen LogP contribution in [0.2, 0.25) is 0 Å². The summed E-state index contributed by atoms with van der Waals surface area (Å²) in [6.07, 6.45) is 2.92. The molecule has 0 aliphatic carbocycles. The third kappa shape index (κ3) is 10.1. The van der Waals surface area contributed by atoms with Crippen molar-refractivity contribution in [3.05, 3.63) is 0 Å². The fraction of sp³-hybridized carbons (Fsp3) is 1.00. The topological polar surface area (TPSA) is 64.7 Å². The molecule has 0 aromatic rings. The monoisotopic (exact) mass is 219 g/mol. The van der Waals surface area contributed by atoms with Crippen LogP contribution in [-0.4, -0.2) is 43.7 Å². The lowest BCUT2D eigenvalue weighted by Gasteiger charge is -2.21. The number of aliphatic hydroxyl groups excluding tert-OH is 1. The van der Waals surface area contributed by atoms with Crippen molar-refractivity contribution >= 4 is 0 Å². The van der Waals surface area contributed by atoms with Crippen LogP contribution < -0.4 is 5.73 Å². The first-order chi connectivity index (χ1) is 7.12. The molecule has 0 rings (SSSR count). The third-order valence-corrected chi connectivity index (χ3v) is 2.19. The van der Waals surface area contributed by atoms with Crippen LogP contribution in [0.3, 0.4) is 0 Å². The van der Waals surface area contributed by atoms with Gasteiger partial charge in [-0.25, -0.2) is 0 Å². The summed E-state index contributed by atoms with van der Waals surface area (Å²) in [5, 5.41) is 8.89. The van der Waals surface area contributed by atoms with Crippen molar-refractivity contribution in [2.75, 3.05) is 33.0 Å². The standard InChI is InChI=1S/C11H25NO3/c1-3-4-6-14-8-9-15-7-5-11(2,12)10-13/h13H,3-10,12H2,1-2H3. The molecule has 4 heteroatoms. The van der Waals surface area contributed by atoms with Crippen molar-refractivity contribution in [2.24, 2.45) is 5.73 Å². The Morgan fingerprint density at radius 2 is 1.73 bits per heavy atom. The van der Waals surface area contributed by atoms with Gasteiger partial charge in [-0.15, -0.1) is 0 Å². The Morgan fingerprint density at radius 1 is 1.13 bits per heavy atom. The van der Waals surface area contributed by atoms with Crippen LogP contribution in [0.15, 0.2) is 0 Å². The molecular formula is C11H25NO3. The average molecular weight is 219 g/mol. The first-order valence-electron chi connectivity index (χ1n) is 5.67. The van der Waals surface area contributed by atoms with E-state index in [4.69, 9.17) is 20.3 Å². The lowest BCUT2D eigenvalue weighted by molar-refractivity contribution is 0.0372. The third-order valence-electron chi connectivity index (χ3n) is 2.19. The Hall–Kier alpha value is -0.160. The molecule has 0 bridgehead atoms. The van der Waals surface area contributed by atoms with Crippen molar-refractivity contribution < 1.29 is 14.6 Å². The van der Waals surface area contributed by atoms with Gasteiger partial charge >= 0.3 is 0 Å². The van der Waals surface area contributed by atoms with E-state index < -0.39 is 5.54 Å². The Balaban J connectivity index is 3.11. The van der Waals surface area contributed by atoms with E-state index in [-0.39, 0.29) is 6.61 Å². The van der Waals surface area contributed by atoms with Crippen LogP contribution >= 0.6 is 0 Å². The van der Waals surface area contributed by atoms with Crippen LogP contribution in [0.25, 0.3) is 0 Å². The SMILES string of the molecule is CCCCOCCOCCC(C)(N)CO. The van der Waals surface area contributed by atoms with Gasteiger partial charge in [0.05, 0.1) is 19.8 Å². The van der Waals surface area contributed by atoms with Crippen molar-refractivity contribution in [1.82, 2.24) is 0 Å². The van der Waals surface area contributed by atoms with E-state index in [0.717, 1.165) is 19.4 Å². The lowest BCUT2D eigenvalue weighted by atomic mass is 10.0. The zero-order chi connectivity index (χ0) is 11.6. The van der Waals surface area contributed by atoms with Crippen molar-refractivity contribution in [3.63, 3.8) is 0 Å². The van der Waals surface area contributed by atoms with Crippen LogP contribution in [0.4, 0.5) is 0 Å². The minimum atomic E-state index is -0.525. The van der Waals surface area contributed by atoms with Gasteiger partial charge in [0, 0.05) is 18.8 Å². The van der Waals surface area contributed by atoms with Crippen LogP contribution in [0, 0.1) is 0 Å². The van der Waals surface area contributed by atoms with Crippen LogP contribution in [0.1, 0.15) is 33.1 Å². The zero-order valence-electron chi connectivity index (χ0n) is 10.00. The molecule has 0 aliphatic rings. The summed E-state index contributed by atoms with van der Waals surface area (Å²) < 4.78 is 10.7. The lowest BCUT2D eigenvalue weighted by Crippen LogP contribution is -2.41. The quantitative estimate of drug-likeness (QED) is 0.536. The molecule has 3 N–H and O–H groups in total. The summed E-state index contributed by atoms with van der Waals surface area (Å²) >= 11 is 0. The molecule has 0 heterocycles. The number of unbranched alkanes of at least 4 members (excludes halogenated alkanes) is 1. The van der Waals surface area contributed by atoms with Gasteiger partial charge in [0.1, 0.15) is 0 Å². The van der Waals surface area contributed by atoms with Gasteiger partial charge in [-0.2, -0.15) is 0 Å². The molecule has 0 saturated heterocycles. The molecule has 15 heavy (non-hydrogen) atoms. The summed E-state index contributed by atoms with van der Waals surface area (Å²) in [6, 6.07) is 0. The molecule has 92 valence electrons. The van der Waals surface area contributed by atoms with Gasteiger partial charge in [0.2, 0.25) is 0 Å². The molecule has 1 unspecified atom stereocenters. The molecular weight excluding hydrogens is 194 g/mol. The van der Waals surface area contributed by atoms with Crippen molar-refractivity contribution in [1.29, 1.82) is 0 Å². The van der Waals surface area contributed by atoms with E-state index in [1.807, 2.05) is 6.92 Å². The number of nitrogens with two attached hydrogens (primary N) is 1. The molecule has 0 aliphatic heterocycles. The predicted octanol–water partition coefficient (Wildman–Crippen LogP) is 0.920. The highest BCUT2D eigenvalue weighted by atomic mass is 16.5. The molecule has 0 aromatic heterocycles. The van der Waals surface area contributed by atoms with Crippen LogP contribution in [-0.2, 0) is 9.47 Å². The van der Waals surface area contributed by atoms with Gasteiger partial charge in [-0.1, -0.05) is 13.3 Å². The Morgan fingerprint density at radius 3 is 2.27 bits per heavy atom. The maximum Gasteiger partial charge on any atom is 0.0700 e. The van der Waals surface area contributed by atoms with Gasteiger partial charge in [-0.3, -0.25) is 0 Å². The number of aliphatic hydroxyl groups is 1. The van der Waals surface area contributed by atoms with Gasteiger partial charge in [0.15, 0.2) is 0 Å². The summed E-state index contributed by atoms with van der Waals surface area (Å²) in [5.74, 6) is 0. The fourth-order valence-electron chi connectivity index (χ4n) is 0.953. The van der Waals surface area contributed by atoms with Crippen molar-refractivity contribution in [2.45, 2.75) is 38.6 Å². The highest BCUT2D eigenvalue weighted by Gasteiger charge is 2.15. The normalized spacial score (nSPS) is 15.2. The minimum Gasteiger partial charge on any atom is -0.394 e. The number of rotatable bonds is 10. The van der Waals surface area contributed by atoms with E-state index in [1.165, 1.54) is 0 Å². The smallest absolute Gasteiger partial charge is 0.0700 e. The van der Waals surface area contributed by atoms with E-state index in [0.29, 0.717) is 26.2 Å². The van der Waals surface area contributed by atoms with Gasteiger partial charge in [-0.05, 0) is 19.8 Å². The second-order valence-electron chi connectivity index (χ2n) is 4.14. The van der Waals surface area contributed by atoms with E-state index in [9.17, 15) is 0 Å². The number of ether oxygens (including phenoxy) is 2. The summed E-state index contributed by atoms with van der Waals surface area (Å²) in [7, 11) is 0. The second-order valence-corrected chi connectivity index (χ2v) is 4.14. The maximum absolute atomic E-state index is 8.89. The van der Waals surface area contributed by atoms with Crippen LogP contribution in [0.5, 0.6) is 0 Å². The van der Waals surface area contributed by atoms with E-state index in [2.05, 4.69) is 6.92 Å². The Kier molecular flexibility index (Phi) is 9.00. The minimum absolute atomic E-state index is 0.0106. The predicted molar refractivity (Wildman–Crippen MR) is 60.8 cm³/mol. The first kappa shape index (κ1) is 14.8. The van der Waals surface area contributed by atoms with Gasteiger partial charge < -0.3 is 20.3 Å². The molecule has 0 aromatic carbocycles. The number of hydrogen-bond donors (Lipinski definition) is 2. The Bertz CT molecular complexity index is 140.